The summed E-state index contributed by atoms with van der Waals surface area (Å²) in [5.41, 5.74) is 5.12. The molecule has 0 aromatic carbocycles. The summed E-state index contributed by atoms with van der Waals surface area (Å²) in [5, 5.41) is 0. The van der Waals surface area contributed by atoms with Crippen molar-refractivity contribution in [1.29, 1.82) is 0 Å². The van der Waals surface area contributed by atoms with Gasteiger partial charge in [0.15, 0.2) is 6.10 Å². The van der Waals surface area contributed by atoms with Gasteiger partial charge in [-0.25, -0.2) is 0 Å². The van der Waals surface area contributed by atoms with Crippen molar-refractivity contribution in [2.24, 2.45) is 5.73 Å². The molecular formula is C5H8F3NO. The highest BCUT2D eigenvalue weighted by molar-refractivity contribution is 4.84. The summed E-state index contributed by atoms with van der Waals surface area (Å²) in [7, 11) is 0. The van der Waals surface area contributed by atoms with E-state index >= 15 is 0 Å². The molecule has 0 aliphatic carbocycles. The Morgan fingerprint density at radius 3 is 2.20 bits per heavy atom. The van der Waals surface area contributed by atoms with Crippen molar-refractivity contribution in [3.05, 3.63) is 0 Å². The standard InChI is InChI=1S/C5H8F3NO/c6-5(7,8)4-3(9)1-2-10-4/h3-4H,1-2,9H2. The predicted octanol–water partition coefficient (Wildman–Crippen LogP) is 0.665. The minimum atomic E-state index is -4.30. The number of alkyl halides is 3. The van der Waals surface area contributed by atoms with Crippen LogP contribution in [0.2, 0.25) is 0 Å². The molecule has 0 aromatic rings. The largest absolute Gasteiger partial charge is 0.416 e. The first-order valence-electron chi connectivity index (χ1n) is 2.95. The summed E-state index contributed by atoms with van der Waals surface area (Å²) in [5.74, 6) is 0. The van der Waals surface area contributed by atoms with Crippen molar-refractivity contribution in [1.82, 2.24) is 0 Å². The Kier molecular flexibility index (Phi) is 1.87. The van der Waals surface area contributed by atoms with Gasteiger partial charge in [-0.05, 0) is 6.42 Å². The number of rotatable bonds is 0. The van der Waals surface area contributed by atoms with Crippen LogP contribution in [0.15, 0.2) is 0 Å². The Morgan fingerprint density at radius 1 is 1.40 bits per heavy atom. The maximum atomic E-state index is 11.8. The first-order valence-corrected chi connectivity index (χ1v) is 2.95. The first kappa shape index (κ1) is 7.81. The molecule has 1 aliphatic rings. The molecule has 1 heterocycles. The fraction of sp³-hybridized carbons (Fsp3) is 1.00. The number of ether oxygens (including phenoxy) is 1. The Bertz CT molecular complexity index is 125. The van der Waals surface area contributed by atoms with Crippen LogP contribution < -0.4 is 5.73 Å². The second-order valence-corrected chi connectivity index (χ2v) is 2.29. The molecule has 0 spiro atoms. The van der Waals surface area contributed by atoms with Crippen LogP contribution >= 0.6 is 0 Å². The lowest BCUT2D eigenvalue weighted by atomic mass is 10.1. The lowest BCUT2D eigenvalue weighted by molar-refractivity contribution is -0.209. The van der Waals surface area contributed by atoms with Gasteiger partial charge in [0.25, 0.3) is 0 Å². The van der Waals surface area contributed by atoms with Gasteiger partial charge in [-0.1, -0.05) is 0 Å². The van der Waals surface area contributed by atoms with Crippen LogP contribution in [-0.4, -0.2) is 24.9 Å². The van der Waals surface area contributed by atoms with E-state index in [1.165, 1.54) is 0 Å². The lowest BCUT2D eigenvalue weighted by Gasteiger charge is -2.17. The van der Waals surface area contributed by atoms with E-state index in [2.05, 4.69) is 4.74 Å². The average molecular weight is 155 g/mol. The molecule has 1 fully saturated rings. The molecule has 0 amide bonds. The Balaban J connectivity index is 2.55. The van der Waals surface area contributed by atoms with E-state index in [0.29, 0.717) is 6.42 Å². The summed E-state index contributed by atoms with van der Waals surface area (Å²) < 4.78 is 39.8. The van der Waals surface area contributed by atoms with Crippen molar-refractivity contribution >= 4 is 0 Å². The molecule has 2 N–H and O–H groups in total. The molecule has 10 heavy (non-hydrogen) atoms. The topological polar surface area (TPSA) is 35.2 Å². The van der Waals surface area contributed by atoms with Gasteiger partial charge < -0.3 is 10.5 Å². The highest BCUT2D eigenvalue weighted by Gasteiger charge is 2.47. The third-order valence-electron chi connectivity index (χ3n) is 1.46. The Labute approximate surface area is 56.1 Å². The minimum absolute atomic E-state index is 0.116. The maximum absolute atomic E-state index is 11.8. The zero-order valence-corrected chi connectivity index (χ0v) is 5.19. The van der Waals surface area contributed by atoms with E-state index in [-0.39, 0.29) is 6.61 Å². The van der Waals surface area contributed by atoms with Gasteiger partial charge in [0.2, 0.25) is 0 Å². The predicted molar refractivity (Wildman–Crippen MR) is 28.4 cm³/mol. The summed E-state index contributed by atoms with van der Waals surface area (Å²) >= 11 is 0. The van der Waals surface area contributed by atoms with Crippen LogP contribution in [0.4, 0.5) is 13.2 Å². The summed E-state index contributed by atoms with van der Waals surface area (Å²) in [6.07, 6.45) is -5.74. The fourth-order valence-electron chi connectivity index (χ4n) is 0.943. The Morgan fingerprint density at radius 2 is 2.00 bits per heavy atom. The monoisotopic (exact) mass is 155 g/mol. The van der Waals surface area contributed by atoms with Crippen molar-refractivity contribution in [3.63, 3.8) is 0 Å². The molecule has 2 unspecified atom stereocenters. The van der Waals surface area contributed by atoms with Gasteiger partial charge in [0, 0.05) is 12.6 Å². The number of hydrogen-bond donors (Lipinski definition) is 1. The zero-order valence-electron chi connectivity index (χ0n) is 5.19. The van der Waals surface area contributed by atoms with Gasteiger partial charge >= 0.3 is 6.18 Å². The van der Waals surface area contributed by atoms with Gasteiger partial charge in [-0.2, -0.15) is 13.2 Å². The quantitative estimate of drug-likeness (QED) is 0.557. The minimum Gasteiger partial charge on any atom is -0.367 e. The molecule has 1 aliphatic heterocycles. The van der Waals surface area contributed by atoms with Gasteiger partial charge in [-0.15, -0.1) is 0 Å². The van der Waals surface area contributed by atoms with Crippen LogP contribution in [0.25, 0.3) is 0 Å². The molecular weight excluding hydrogens is 147 g/mol. The van der Waals surface area contributed by atoms with Crippen molar-refractivity contribution < 1.29 is 17.9 Å². The van der Waals surface area contributed by atoms with E-state index < -0.39 is 18.3 Å². The molecule has 2 nitrogen and oxygen atoms in total. The van der Waals surface area contributed by atoms with Crippen LogP contribution in [0.5, 0.6) is 0 Å². The molecule has 0 bridgehead atoms. The Hall–Kier alpha value is -0.290. The van der Waals surface area contributed by atoms with Crippen molar-refractivity contribution in [2.75, 3.05) is 6.61 Å². The van der Waals surface area contributed by atoms with Crippen molar-refractivity contribution in [3.8, 4) is 0 Å². The van der Waals surface area contributed by atoms with Gasteiger partial charge in [0.1, 0.15) is 0 Å². The number of halogens is 3. The molecule has 2 atom stereocenters. The van der Waals surface area contributed by atoms with E-state index in [1.54, 1.807) is 0 Å². The van der Waals surface area contributed by atoms with E-state index in [0.717, 1.165) is 0 Å². The summed E-state index contributed by atoms with van der Waals surface area (Å²) in [6, 6.07) is -0.875. The number of hydrogen-bond acceptors (Lipinski definition) is 2. The summed E-state index contributed by atoms with van der Waals surface area (Å²) in [4.78, 5) is 0. The maximum Gasteiger partial charge on any atom is 0.416 e. The first-order chi connectivity index (χ1) is 4.52. The second-order valence-electron chi connectivity index (χ2n) is 2.29. The molecule has 1 saturated heterocycles. The van der Waals surface area contributed by atoms with Crippen LogP contribution in [0.1, 0.15) is 6.42 Å². The number of nitrogens with two attached hydrogens (primary N) is 1. The SMILES string of the molecule is NC1CCOC1C(F)(F)F. The van der Waals surface area contributed by atoms with Crippen LogP contribution in [0, 0.1) is 0 Å². The van der Waals surface area contributed by atoms with E-state index in [4.69, 9.17) is 5.73 Å². The molecule has 60 valence electrons. The molecule has 0 aromatic heterocycles. The van der Waals surface area contributed by atoms with Crippen molar-refractivity contribution in [2.45, 2.75) is 24.7 Å². The molecule has 1 rings (SSSR count). The average Bonchev–Trinajstić information content (AvgIpc) is 2.11. The summed E-state index contributed by atoms with van der Waals surface area (Å²) in [6.45, 7) is 0.116. The van der Waals surface area contributed by atoms with E-state index in [1.807, 2.05) is 0 Å². The van der Waals surface area contributed by atoms with Crippen LogP contribution in [0.3, 0.4) is 0 Å². The third kappa shape index (κ3) is 1.41. The molecule has 0 radical (unpaired) electrons. The van der Waals surface area contributed by atoms with Gasteiger partial charge in [0.05, 0.1) is 0 Å². The third-order valence-corrected chi connectivity index (χ3v) is 1.46. The zero-order chi connectivity index (χ0) is 7.78. The normalized spacial score (nSPS) is 34.8. The van der Waals surface area contributed by atoms with Crippen LogP contribution in [-0.2, 0) is 4.74 Å². The van der Waals surface area contributed by atoms with Gasteiger partial charge in [-0.3, -0.25) is 0 Å². The highest BCUT2D eigenvalue weighted by atomic mass is 19.4. The molecule has 0 saturated carbocycles. The highest BCUT2D eigenvalue weighted by Crippen LogP contribution is 2.29. The lowest BCUT2D eigenvalue weighted by Crippen LogP contribution is -2.41. The fourth-order valence-corrected chi connectivity index (χ4v) is 0.943. The van der Waals surface area contributed by atoms with E-state index in [9.17, 15) is 13.2 Å². The molecule has 5 heteroatoms. The smallest absolute Gasteiger partial charge is 0.367 e. The second kappa shape index (κ2) is 2.39.